The van der Waals surface area contributed by atoms with Crippen LogP contribution in [0.4, 0.5) is 0 Å². The summed E-state index contributed by atoms with van der Waals surface area (Å²) in [5, 5.41) is 16.7. The average molecular weight is 275 g/mol. The lowest BCUT2D eigenvalue weighted by Crippen LogP contribution is -2.11. The Morgan fingerprint density at radius 1 is 0.706 bits per heavy atom. The molecule has 0 aliphatic carbocycles. The molecule has 0 saturated heterocycles. The van der Waals surface area contributed by atoms with Crippen LogP contribution in [0.1, 0.15) is 0 Å². The van der Waals surface area contributed by atoms with Crippen LogP contribution in [0.2, 0.25) is 0 Å². The van der Waals surface area contributed by atoms with Crippen LogP contribution >= 0.6 is 8.25 Å². The van der Waals surface area contributed by atoms with Crippen molar-refractivity contribution in [3.05, 3.63) is 0 Å². The highest BCUT2D eigenvalue weighted by Crippen LogP contribution is 1.98. The van der Waals surface area contributed by atoms with Crippen molar-refractivity contribution in [1.29, 1.82) is 0 Å². The monoisotopic (exact) mass is 275 g/mol. The van der Waals surface area contributed by atoms with Crippen molar-refractivity contribution in [2.24, 2.45) is 0 Å². The quantitative estimate of drug-likeness (QED) is 0.285. The van der Waals surface area contributed by atoms with E-state index in [1.165, 1.54) is 0 Å². The fourth-order valence-electron chi connectivity index (χ4n) is 0.671. The summed E-state index contributed by atoms with van der Waals surface area (Å²) in [7, 11) is -2.87. The van der Waals surface area contributed by atoms with Gasteiger partial charge in [0.15, 0.2) is 0 Å². The summed E-state index contributed by atoms with van der Waals surface area (Å²) in [6, 6.07) is 0. The summed E-state index contributed by atoms with van der Waals surface area (Å²) < 4.78 is 23.7. The smallest absolute Gasteiger partial charge is 0.394 e. The lowest BCUT2D eigenvalue weighted by molar-refractivity contribution is 0.00230. The standard InChI is InChI=1S/C8H18O5.HO3P/c9-1-3-11-5-7-13-8-6-12-4-2-10;1-4(2)3/h9-10H,1-8H2;(H-,1,2,3)/p+1. The van der Waals surface area contributed by atoms with Crippen molar-refractivity contribution in [3.8, 4) is 0 Å². The van der Waals surface area contributed by atoms with Crippen LogP contribution in [0.15, 0.2) is 0 Å². The predicted octanol–water partition coefficient (Wildman–Crippen LogP) is -1.35. The Morgan fingerprint density at radius 2 is 0.941 bits per heavy atom. The Balaban J connectivity index is 0. The Kier molecular flexibility index (Phi) is 20.5. The van der Waals surface area contributed by atoms with Crippen molar-refractivity contribution in [2.45, 2.75) is 0 Å². The molecule has 0 aliphatic rings. The van der Waals surface area contributed by atoms with Crippen molar-refractivity contribution in [3.63, 3.8) is 0 Å². The van der Waals surface area contributed by atoms with Crippen LogP contribution in [0.3, 0.4) is 0 Å². The molecule has 4 N–H and O–H groups in total. The van der Waals surface area contributed by atoms with Gasteiger partial charge in [0.25, 0.3) is 0 Å². The van der Waals surface area contributed by atoms with Gasteiger partial charge in [-0.15, -0.1) is 9.79 Å². The fourth-order valence-corrected chi connectivity index (χ4v) is 0.671. The van der Waals surface area contributed by atoms with Gasteiger partial charge in [-0.05, 0) is 0 Å². The molecule has 0 saturated carbocycles. The first-order valence-electron chi connectivity index (χ1n) is 4.95. The highest BCUT2D eigenvalue weighted by Gasteiger charge is 1.93. The van der Waals surface area contributed by atoms with Crippen LogP contribution in [-0.4, -0.2) is 72.9 Å². The number of aliphatic hydroxyl groups is 2. The first-order chi connectivity index (χ1) is 8.15. The Morgan fingerprint density at radius 3 is 1.18 bits per heavy atom. The van der Waals surface area contributed by atoms with Crippen LogP contribution in [0.25, 0.3) is 0 Å². The van der Waals surface area contributed by atoms with Gasteiger partial charge in [-0.2, -0.15) is 0 Å². The van der Waals surface area contributed by atoms with Crippen LogP contribution < -0.4 is 0 Å². The van der Waals surface area contributed by atoms with E-state index in [0.29, 0.717) is 39.6 Å². The number of hydrogen-bond donors (Lipinski definition) is 4. The summed E-state index contributed by atoms with van der Waals surface area (Å²) >= 11 is 0. The maximum absolute atomic E-state index is 8.70. The van der Waals surface area contributed by atoms with Gasteiger partial charge in [-0.3, -0.25) is 0 Å². The summed E-state index contributed by atoms with van der Waals surface area (Å²) in [6.45, 7) is 2.76. The molecule has 0 unspecified atom stereocenters. The van der Waals surface area contributed by atoms with E-state index < -0.39 is 8.25 Å². The van der Waals surface area contributed by atoms with Gasteiger partial charge in [0.2, 0.25) is 0 Å². The number of aliphatic hydroxyl groups excluding tert-OH is 2. The average Bonchev–Trinajstić information content (AvgIpc) is 2.26. The fraction of sp³-hybridized carbons (Fsp3) is 1.00. The molecule has 17 heavy (non-hydrogen) atoms. The van der Waals surface area contributed by atoms with Crippen molar-refractivity contribution < 1.29 is 38.8 Å². The molecular weight excluding hydrogens is 255 g/mol. The van der Waals surface area contributed by atoms with Crippen LogP contribution in [-0.2, 0) is 18.8 Å². The Bertz CT molecular complexity index is 142. The molecule has 0 amide bonds. The third-order valence-electron chi connectivity index (χ3n) is 1.22. The van der Waals surface area contributed by atoms with Gasteiger partial charge in [-0.1, -0.05) is 0 Å². The molecule has 8 nitrogen and oxygen atoms in total. The molecular formula is C8H20O8P+. The van der Waals surface area contributed by atoms with Crippen LogP contribution in [0.5, 0.6) is 0 Å². The van der Waals surface area contributed by atoms with Gasteiger partial charge < -0.3 is 24.4 Å². The number of rotatable bonds is 10. The van der Waals surface area contributed by atoms with E-state index in [2.05, 4.69) is 0 Å². The summed E-state index contributed by atoms with van der Waals surface area (Å²) in [6.07, 6.45) is 0. The van der Waals surface area contributed by atoms with Gasteiger partial charge in [-0.25, -0.2) is 0 Å². The molecule has 0 aliphatic heterocycles. The second kappa shape index (κ2) is 18.2. The number of hydrogen-bond acceptors (Lipinski definition) is 6. The normalized spacial score (nSPS) is 9.65. The molecule has 0 aromatic rings. The molecule has 0 spiro atoms. The SMILES string of the molecule is O=[P+](O)O.OCCOCCOCCOCCO. The maximum atomic E-state index is 8.70. The molecule has 0 heterocycles. The minimum absolute atomic E-state index is 0.0413. The third kappa shape index (κ3) is 31.3. The second-order valence-electron chi connectivity index (χ2n) is 2.54. The second-order valence-corrected chi connectivity index (χ2v) is 3.04. The van der Waals surface area contributed by atoms with E-state index in [-0.39, 0.29) is 13.2 Å². The zero-order valence-corrected chi connectivity index (χ0v) is 10.4. The molecule has 9 heteroatoms. The Labute approximate surface area is 101 Å². The van der Waals surface area contributed by atoms with Crippen molar-refractivity contribution in [1.82, 2.24) is 0 Å². The van der Waals surface area contributed by atoms with E-state index in [1.54, 1.807) is 0 Å². The summed E-state index contributed by atoms with van der Waals surface area (Å²) in [4.78, 5) is 14.2. The minimum atomic E-state index is -2.87. The topological polar surface area (TPSA) is 126 Å². The first kappa shape index (κ1) is 19.2. The summed E-state index contributed by atoms with van der Waals surface area (Å²) in [5.74, 6) is 0. The molecule has 0 rings (SSSR count). The zero-order valence-electron chi connectivity index (χ0n) is 9.53. The van der Waals surface area contributed by atoms with Crippen molar-refractivity contribution in [2.75, 3.05) is 52.9 Å². The summed E-state index contributed by atoms with van der Waals surface area (Å²) in [5.41, 5.74) is 0. The van der Waals surface area contributed by atoms with Gasteiger partial charge >= 0.3 is 8.25 Å². The van der Waals surface area contributed by atoms with Gasteiger partial charge in [0, 0.05) is 4.57 Å². The molecule has 0 fully saturated rings. The molecule has 0 bridgehead atoms. The lowest BCUT2D eigenvalue weighted by atomic mass is 10.7. The molecule has 0 aromatic carbocycles. The first-order valence-corrected chi connectivity index (χ1v) is 6.11. The van der Waals surface area contributed by atoms with E-state index in [1.807, 2.05) is 0 Å². The van der Waals surface area contributed by atoms with Crippen LogP contribution in [0, 0.1) is 0 Å². The highest BCUT2D eigenvalue weighted by molar-refractivity contribution is 7.30. The largest absolute Gasteiger partial charge is 0.692 e. The molecule has 0 atom stereocenters. The van der Waals surface area contributed by atoms with Gasteiger partial charge in [0.05, 0.1) is 52.9 Å². The third-order valence-corrected chi connectivity index (χ3v) is 1.22. The highest BCUT2D eigenvalue weighted by atomic mass is 31.1. The van der Waals surface area contributed by atoms with Gasteiger partial charge in [0.1, 0.15) is 0 Å². The van der Waals surface area contributed by atoms with E-state index >= 15 is 0 Å². The van der Waals surface area contributed by atoms with Crippen molar-refractivity contribution >= 4 is 8.25 Å². The number of ether oxygens (including phenoxy) is 3. The lowest BCUT2D eigenvalue weighted by Gasteiger charge is -2.04. The zero-order chi connectivity index (χ0) is 13.4. The van der Waals surface area contributed by atoms with E-state index in [4.69, 9.17) is 38.8 Å². The molecule has 0 radical (unpaired) electrons. The molecule has 0 aromatic heterocycles. The Hall–Kier alpha value is -0.180. The molecule has 104 valence electrons. The van der Waals surface area contributed by atoms with E-state index in [9.17, 15) is 0 Å². The minimum Gasteiger partial charge on any atom is -0.394 e. The van der Waals surface area contributed by atoms with E-state index in [0.717, 1.165) is 0 Å². The predicted molar refractivity (Wildman–Crippen MR) is 58.7 cm³/mol. The maximum Gasteiger partial charge on any atom is 0.692 e.